The number of nitroso groups, excluding NO2 is 4. The van der Waals surface area contributed by atoms with Gasteiger partial charge in [0.05, 0.1) is 7.11 Å². The Bertz CT molecular complexity index is 686. The van der Waals surface area contributed by atoms with E-state index in [9.17, 15) is 19.6 Å². The summed E-state index contributed by atoms with van der Waals surface area (Å²) in [5, 5.41) is 10.8. The zero-order chi connectivity index (χ0) is 17.2. The number of methoxy groups -OCH3 is 1. The third kappa shape index (κ3) is 5.00. The number of benzene rings is 2. The normalized spacial score (nSPS) is 9.13. The Kier molecular flexibility index (Phi) is 7.08. The second-order valence-corrected chi connectivity index (χ2v) is 4.30. The van der Waals surface area contributed by atoms with Gasteiger partial charge in [0.25, 0.3) is 0 Å². The van der Waals surface area contributed by atoms with Gasteiger partial charge in [-0.15, -0.1) is 19.6 Å². The number of para-hydroxylation sites is 1. The molecule has 0 spiro atoms. The molecule has 0 aliphatic rings. The quantitative estimate of drug-likeness (QED) is 0.654. The molecular formula is C13H9ClN4O5. The summed E-state index contributed by atoms with van der Waals surface area (Å²) in [6.07, 6.45) is 0. The number of ether oxygens (including phenoxy) is 1. The van der Waals surface area contributed by atoms with E-state index in [4.69, 9.17) is 16.3 Å². The average molecular weight is 337 g/mol. The standard InChI is InChI=1S/C7H6N2O3.C6H3ClN2O2/c1-12-7-5(8-10)3-2-4-6(7)9-11;7-4-1-5(8-10)3-6(2-4)9-11/h2-4H,1H3;1-3H. The van der Waals surface area contributed by atoms with Crippen LogP contribution in [0.15, 0.2) is 57.1 Å². The smallest absolute Gasteiger partial charge is 0.177 e. The van der Waals surface area contributed by atoms with Crippen LogP contribution in [0, 0.1) is 19.6 Å². The molecule has 2 aromatic carbocycles. The molecule has 0 aliphatic heterocycles. The molecule has 0 saturated carbocycles. The summed E-state index contributed by atoms with van der Waals surface area (Å²) in [4.78, 5) is 40.3. The lowest BCUT2D eigenvalue weighted by Crippen LogP contribution is -1.83. The van der Waals surface area contributed by atoms with Crippen LogP contribution < -0.4 is 4.74 Å². The maximum absolute atomic E-state index is 10.2. The minimum atomic E-state index is 0.0783. The van der Waals surface area contributed by atoms with Gasteiger partial charge in [-0.3, -0.25) is 0 Å². The van der Waals surface area contributed by atoms with Gasteiger partial charge in [0.15, 0.2) is 17.1 Å². The van der Waals surface area contributed by atoms with Crippen LogP contribution in [0.5, 0.6) is 5.75 Å². The van der Waals surface area contributed by atoms with E-state index >= 15 is 0 Å². The van der Waals surface area contributed by atoms with Crippen LogP contribution in [0.1, 0.15) is 0 Å². The van der Waals surface area contributed by atoms with Gasteiger partial charge in [-0.2, -0.15) is 0 Å². The summed E-state index contributed by atoms with van der Waals surface area (Å²) in [6, 6.07) is 8.36. The van der Waals surface area contributed by atoms with Crippen LogP contribution in [-0.2, 0) is 0 Å². The van der Waals surface area contributed by atoms with Crippen molar-refractivity contribution in [3.8, 4) is 5.75 Å². The molecule has 0 aliphatic carbocycles. The zero-order valence-electron chi connectivity index (χ0n) is 11.7. The highest BCUT2D eigenvalue weighted by Gasteiger charge is 2.08. The van der Waals surface area contributed by atoms with Crippen molar-refractivity contribution >= 4 is 34.4 Å². The Hall–Kier alpha value is -3.07. The van der Waals surface area contributed by atoms with Crippen molar-refractivity contribution in [3.05, 3.63) is 61.0 Å². The second-order valence-electron chi connectivity index (χ2n) is 3.86. The second kappa shape index (κ2) is 9.05. The van der Waals surface area contributed by atoms with E-state index in [2.05, 4.69) is 20.7 Å². The molecule has 0 amide bonds. The molecule has 0 fully saturated rings. The summed E-state index contributed by atoms with van der Waals surface area (Å²) in [5.74, 6) is 0.113. The van der Waals surface area contributed by atoms with Crippen molar-refractivity contribution in [1.29, 1.82) is 0 Å². The van der Waals surface area contributed by atoms with E-state index in [1.54, 1.807) is 0 Å². The first-order valence-corrected chi connectivity index (χ1v) is 6.28. The van der Waals surface area contributed by atoms with E-state index < -0.39 is 0 Å². The maximum Gasteiger partial charge on any atom is 0.177 e. The third-order valence-electron chi connectivity index (χ3n) is 2.45. The monoisotopic (exact) mass is 336 g/mol. The first-order chi connectivity index (χ1) is 11.1. The number of nitrogens with zero attached hydrogens (tertiary/aromatic N) is 4. The SMILES string of the molecule is COc1c(N=O)cccc1N=O.O=Nc1cc(Cl)cc(N=O)c1. The maximum atomic E-state index is 10.2. The van der Waals surface area contributed by atoms with E-state index in [-0.39, 0.29) is 33.5 Å². The van der Waals surface area contributed by atoms with E-state index in [1.165, 1.54) is 43.5 Å². The van der Waals surface area contributed by atoms with Crippen LogP contribution in [0.4, 0.5) is 22.7 Å². The van der Waals surface area contributed by atoms with E-state index in [0.717, 1.165) is 0 Å². The molecule has 0 aromatic heterocycles. The first-order valence-electron chi connectivity index (χ1n) is 5.90. The van der Waals surface area contributed by atoms with Crippen molar-refractivity contribution in [2.24, 2.45) is 20.7 Å². The van der Waals surface area contributed by atoms with Crippen molar-refractivity contribution in [1.82, 2.24) is 0 Å². The fourth-order valence-electron chi connectivity index (χ4n) is 1.53. The molecule has 23 heavy (non-hydrogen) atoms. The molecular weight excluding hydrogens is 328 g/mol. The molecule has 0 saturated heterocycles. The lowest BCUT2D eigenvalue weighted by atomic mass is 10.2. The lowest BCUT2D eigenvalue weighted by Gasteiger charge is -2.02. The Morgan fingerprint density at radius 2 is 1.30 bits per heavy atom. The van der Waals surface area contributed by atoms with Crippen molar-refractivity contribution in [3.63, 3.8) is 0 Å². The molecule has 2 rings (SSSR count). The predicted molar refractivity (Wildman–Crippen MR) is 86.3 cm³/mol. The molecule has 118 valence electrons. The highest BCUT2D eigenvalue weighted by Crippen LogP contribution is 2.36. The number of hydrogen-bond acceptors (Lipinski definition) is 9. The fraction of sp³-hybridized carbons (Fsp3) is 0.0769. The summed E-state index contributed by atoms with van der Waals surface area (Å²) in [6.45, 7) is 0. The molecule has 0 N–H and O–H groups in total. The topological polar surface area (TPSA) is 127 Å². The zero-order valence-corrected chi connectivity index (χ0v) is 12.4. The van der Waals surface area contributed by atoms with E-state index in [0.29, 0.717) is 0 Å². The summed E-state index contributed by atoms with van der Waals surface area (Å²) in [5.41, 5.74) is 0.364. The lowest BCUT2D eigenvalue weighted by molar-refractivity contribution is 0.417. The summed E-state index contributed by atoms with van der Waals surface area (Å²) >= 11 is 5.51. The first kappa shape index (κ1) is 18.0. The highest BCUT2D eigenvalue weighted by atomic mass is 35.5. The minimum absolute atomic E-state index is 0.0783. The van der Waals surface area contributed by atoms with Gasteiger partial charge >= 0.3 is 0 Å². The van der Waals surface area contributed by atoms with Crippen molar-refractivity contribution in [2.75, 3.05) is 7.11 Å². The van der Waals surface area contributed by atoms with Gasteiger partial charge in [0, 0.05) is 5.02 Å². The summed E-state index contributed by atoms with van der Waals surface area (Å²) in [7, 11) is 1.35. The van der Waals surface area contributed by atoms with Crippen LogP contribution in [0.3, 0.4) is 0 Å². The van der Waals surface area contributed by atoms with Crippen molar-refractivity contribution in [2.45, 2.75) is 0 Å². The molecule has 0 heterocycles. The number of halogens is 1. The molecule has 0 unspecified atom stereocenters. The van der Waals surface area contributed by atoms with Crippen LogP contribution >= 0.6 is 11.6 Å². The van der Waals surface area contributed by atoms with Gasteiger partial charge in [-0.05, 0) is 51.0 Å². The van der Waals surface area contributed by atoms with Gasteiger partial charge in [0.1, 0.15) is 11.4 Å². The van der Waals surface area contributed by atoms with Crippen LogP contribution in [-0.4, -0.2) is 7.11 Å². The van der Waals surface area contributed by atoms with Crippen LogP contribution in [0.25, 0.3) is 0 Å². The van der Waals surface area contributed by atoms with Gasteiger partial charge in [-0.1, -0.05) is 17.7 Å². The van der Waals surface area contributed by atoms with Crippen molar-refractivity contribution < 1.29 is 4.74 Å². The highest BCUT2D eigenvalue weighted by molar-refractivity contribution is 6.31. The van der Waals surface area contributed by atoms with Gasteiger partial charge < -0.3 is 4.74 Å². The number of hydrogen-bond donors (Lipinski definition) is 0. The molecule has 10 heteroatoms. The fourth-order valence-corrected chi connectivity index (χ4v) is 1.75. The minimum Gasteiger partial charge on any atom is -0.492 e. The molecule has 9 nitrogen and oxygen atoms in total. The van der Waals surface area contributed by atoms with E-state index in [1.807, 2.05) is 0 Å². The average Bonchev–Trinajstić information content (AvgIpc) is 2.60. The molecule has 0 radical (unpaired) electrons. The van der Waals surface area contributed by atoms with Gasteiger partial charge in [0.2, 0.25) is 0 Å². The summed E-state index contributed by atoms with van der Waals surface area (Å²) < 4.78 is 4.77. The molecule has 0 atom stereocenters. The Morgan fingerprint density at radius 3 is 1.65 bits per heavy atom. The van der Waals surface area contributed by atoms with Gasteiger partial charge in [-0.25, -0.2) is 0 Å². The molecule has 2 aromatic rings. The largest absolute Gasteiger partial charge is 0.492 e. The predicted octanol–water partition coefficient (Wildman–Crippen LogP) is 5.63. The Labute approximate surface area is 134 Å². The van der Waals surface area contributed by atoms with Crippen LogP contribution in [0.2, 0.25) is 5.02 Å². The number of rotatable bonds is 5. The Balaban J connectivity index is 0.000000231. The molecule has 0 bridgehead atoms. The third-order valence-corrected chi connectivity index (χ3v) is 2.67. The Morgan fingerprint density at radius 1 is 0.826 bits per heavy atom.